The molecule has 1 aromatic heterocycles. The van der Waals surface area contributed by atoms with E-state index in [1.807, 2.05) is 6.07 Å². The van der Waals surface area contributed by atoms with Gasteiger partial charge in [-0.3, -0.25) is 0 Å². The number of ether oxygens (including phenoxy) is 1. The molecule has 2 atom stereocenters. The van der Waals surface area contributed by atoms with E-state index >= 15 is 0 Å². The minimum Gasteiger partial charge on any atom is -0.493 e. The minimum atomic E-state index is 0.303. The van der Waals surface area contributed by atoms with E-state index < -0.39 is 0 Å². The van der Waals surface area contributed by atoms with Crippen LogP contribution in [0, 0.1) is 0 Å². The Balaban J connectivity index is 1.75. The van der Waals surface area contributed by atoms with Crippen LogP contribution >= 0.6 is 22.9 Å². The van der Waals surface area contributed by atoms with E-state index in [1.54, 1.807) is 11.3 Å². The molecule has 0 radical (unpaired) electrons. The Morgan fingerprint density at radius 2 is 2.19 bits per heavy atom. The van der Waals surface area contributed by atoms with Crippen molar-refractivity contribution in [1.82, 2.24) is 5.32 Å². The van der Waals surface area contributed by atoms with Crippen molar-refractivity contribution in [1.29, 1.82) is 0 Å². The van der Waals surface area contributed by atoms with Crippen molar-refractivity contribution in [3.63, 3.8) is 0 Å². The third-order valence-electron chi connectivity index (χ3n) is 4.00. The number of hydrogen-bond acceptors (Lipinski definition) is 3. The highest BCUT2D eigenvalue weighted by Crippen LogP contribution is 2.32. The molecule has 1 aliphatic heterocycles. The predicted octanol–water partition coefficient (Wildman–Crippen LogP) is 5.14. The molecule has 2 nitrogen and oxygen atoms in total. The number of benzene rings is 1. The average molecular weight is 322 g/mol. The van der Waals surface area contributed by atoms with Crippen molar-refractivity contribution >= 4 is 22.9 Å². The predicted molar refractivity (Wildman–Crippen MR) is 89.6 cm³/mol. The third-order valence-corrected chi connectivity index (χ3v) is 5.41. The fraction of sp³-hybridized carbons (Fsp3) is 0.412. The first kappa shape index (κ1) is 14.9. The van der Waals surface area contributed by atoms with Crippen molar-refractivity contribution in [2.24, 2.45) is 0 Å². The summed E-state index contributed by atoms with van der Waals surface area (Å²) in [5, 5.41) is 3.71. The van der Waals surface area contributed by atoms with Crippen LogP contribution in [0.3, 0.4) is 0 Å². The highest BCUT2D eigenvalue weighted by Gasteiger charge is 2.18. The molecule has 0 spiro atoms. The van der Waals surface area contributed by atoms with Gasteiger partial charge in [0.25, 0.3) is 0 Å². The Kier molecular flexibility index (Phi) is 4.53. The van der Waals surface area contributed by atoms with Crippen LogP contribution in [0.25, 0.3) is 0 Å². The molecule has 2 unspecified atom stereocenters. The number of nitrogens with one attached hydrogen (secondary N) is 1. The molecule has 1 N–H and O–H groups in total. The van der Waals surface area contributed by atoms with E-state index in [0.29, 0.717) is 12.1 Å². The van der Waals surface area contributed by atoms with Gasteiger partial charge in [-0.2, -0.15) is 0 Å². The van der Waals surface area contributed by atoms with E-state index in [-0.39, 0.29) is 0 Å². The summed E-state index contributed by atoms with van der Waals surface area (Å²) in [7, 11) is 0. The van der Waals surface area contributed by atoms with E-state index in [9.17, 15) is 0 Å². The van der Waals surface area contributed by atoms with Crippen molar-refractivity contribution in [3.05, 3.63) is 50.7 Å². The molecule has 1 aromatic carbocycles. The number of fused-ring (bicyclic) bond motifs is 1. The summed E-state index contributed by atoms with van der Waals surface area (Å²) >= 11 is 7.68. The van der Waals surface area contributed by atoms with Gasteiger partial charge in [-0.15, -0.1) is 11.3 Å². The summed E-state index contributed by atoms with van der Waals surface area (Å²) in [4.78, 5) is 1.28. The van der Waals surface area contributed by atoms with Crippen LogP contribution < -0.4 is 10.1 Å². The topological polar surface area (TPSA) is 21.3 Å². The summed E-state index contributed by atoms with van der Waals surface area (Å²) in [5.41, 5.74) is 2.68. The monoisotopic (exact) mass is 321 g/mol. The SMILES string of the molecule is CCC(NC(C)c1ccc(Cl)s1)c1ccc2c(c1)CCO2. The van der Waals surface area contributed by atoms with E-state index in [4.69, 9.17) is 16.3 Å². The second-order valence-corrected chi connectivity index (χ2v) is 7.20. The largest absolute Gasteiger partial charge is 0.493 e. The molecule has 21 heavy (non-hydrogen) atoms. The van der Waals surface area contributed by atoms with Gasteiger partial charge in [0, 0.05) is 23.4 Å². The van der Waals surface area contributed by atoms with Crippen molar-refractivity contribution in [2.75, 3.05) is 6.61 Å². The van der Waals surface area contributed by atoms with Gasteiger partial charge in [0.1, 0.15) is 5.75 Å². The maximum atomic E-state index is 6.03. The molecule has 1 aliphatic rings. The molecule has 0 saturated carbocycles. The van der Waals surface area contributed by atoms with Crippen molar-refractivity contribution in [3.8, 4) is 5.75 Å². The summed E-state index contributed by atoms with van der Waals surface area (Å²) in [5.74, 6) is 1.05. The molecule has 3 rings (SSSR count). The van der Waals surface area contributed by atoms with Crippen LogP contribution in [-0.2, 0) is 6.42 Å². The van der Waals surface area contributed by atoms with Gasteiger partial charge in [0.15, 0.2) is 0 Å². The molecule has 0 saturated heterocycles. The molecule has 112 valence electrons. The van der Waals surface area contributed by atoms with Gasteiger partial charge in [-0.05, 0) is 42.7 Å². The van der Waals surface area contributed by atoms with Gasteiger partial charge < -0.3 is 10.1 Å². The lowest BCUT2D eigenvalue weighted by atomic mass is 10.00. The number of hydrogen-bond donors (Lipinski definition) is 1. The zero-order chi connectivity index (χ0) is 14.8. The van der Waals surface area contributed by atoms with Crippen molar-refractivity contribution < 1.29 is 4.74 Å². The Hall–Kier alpha value is -1.03. The van der Waals surface area contributed by atoms with Crippen LogP contribution in [0.15, 0.2) is 30.3 Å². The van der Waals surface area contributed by atoms with Gasteiger partial charge in [-0.1, -0.05) is 30.7 Å². The van der Waals surface area contributed by atoms with Gasteiger partial charge in [0.2, 0.25) is 0 Å². The van der Waals surface area contributed by atoms with Crippen LogP contribution in [0.2, 0.25) is 4.34 Å². The van der Waals surface area contributed by atoms with Crippen LogP contribution in [0.1, 0.15) is 48.4 Å². The highest BCUT2D eigenvalue weighted by molar-refractivity contribution is 7.16. The third kappa shape index (κ3) is 3.25. The fourth-order valence-corrected chi connectivity index (χ4v) is 3.89. The quantitative estimate of drug-likeness (QED) is 0.823. The Labute approximate surface area is 135 Å². The molecular formula is C17H20ClNOS. The average Bonchev–Trinajstić information content (AvgIpc) is 3.12. The molecule has 0 amide bonds. The standard InChI is InChI=1S/C17H20ClNOS/c1-3-14(19-11(2)16-6-7-17(18)21-16)12-4-5-15-13(10-12)8-9-20-15/h4-7,10-11,14,19H,3,8-9H2,1-2H3. The van der Waals surface area contributed by atoms with E-state index in [0.717, 1.165) is 29.5 Å². The lowest BCUT2D eigenvalue weighted by molar-refractivity contribution is 0.356. The smallest absolute Gasteiger partial charge is 0.122 e. The highest BCUT2D eigenvalue weighted by atomic mass is 35.5. The zero-order valence-corrected chi connectivity index (χ0v) is 13.9. The van der Waals surface area contributed by atoms with Crippen LogP contribution in [0.5, 0.6) is 5.75 Å². The molecule has 0 fully saturated rings. The van der Waals surface area contributed by atoms with Gasteiger partial charge in [0.05, 0.1) is 10.9 Å². The molecule has 0 aliphatic carbocycles. The summed E-state index contributed by atoms with van der Waals surface area (Å²) in [6, 6.07) is 11.3. The normalized spacial score (nSPS) is 16.3. The van der Waals surface area contributed by atoms with Gasteiger partial charge in [-0.25, -0.2) is 0 Å². The second kappa shape index (κ2) is 6.39. The summed E-state index contributed by atoms with van der Waals surface area (Å²) in [6.07, 6.45) is 2.08. The number of rotatable bonds is 5. The minimum absolute atomic E-state index is 0.303. The Morgan fingerprint density at radius 3 is 2.90 bits per heavy atom. The second-order valence-electron chi connectivity index (χ2n) is 5.46. The van der Waals surface area contributed by atoms with Gasteiger partial charge >= 0.3 is 0 Å². The summed E-state index contributed by atoms with van der Waals surface area (Å²) in [6.45, 7) is 5.23. The van der Waals surface area contributed by atoms with Crippen LogP contribution in [0.4, 0.5) is 0 Å². The molecule has 2 heterocycles. The first-order valence-corrected chi connectivity index (χ1v) is 8.63. The maximum absolute atomic E-state index is 6.03. The van der Waals surface area contributed by atoms with Crippen molar-refractivity contribution in [2.45, 2.75) is 38.8 Å². The number of halogens is 1. The first-order valence-electron chi connectivity index (χ1n) is 7.44. The fourth-order valence-electron chi connectivity index (χ4n) is 2.82. The van der Waals surface area contributed by atoms with E-state index in [2.05, 4.69) is 43.4 Å². The molecule has 4 heteroatoms. The lowest BCUT2D eigenvalue weighted by Crippen LogP contribution is -2.23. The molecule has 0 bridgehead atoms. The Bertz CT molecular complexity index is 625. The maximum Gasteiger partial charge on any atom is 0.122 e. The zero-order valence-electron chi connectivity index (χ0n) is 12.4. The van der Waals surface area contributed by atoms with E-state index in [1.165, 1.54) is 16.0 Å². The first-order chi connectivity index (χ1) is 10.2. The molecular weight excluding hydrogens is 302 g/mol. The Morgan fingerprint density at radius 1 is 1.33 bits per heavy atom. The lowest BCUT2D eigenvalue weighted by Gasteiger charge is -2.22. The van der Waals surface area contributed by atoms with Crippen LogP contribution in [-0.4, -0.2) is 6.61 Å². The molecule has 2 aromatic rings. The summed E-state index contributed by atoms with van der Waals surface area (Å²) < 4.78 is 6.44. The number of thiophene rings is 1.